The van der Waals surface area contributed by atoms with E-state index in [1.54, 1.807) is 24.8 Å². The van der Waals surface area contributed by atoms with E-state index in [2.05, 4.69) is 33.2 Å². The molecule has 0 bridgehead atoms. The van der Waals surface area contributed by atoms with Gasteiger partial charge in [-0.2, -0.15) is 0 Å². The van der Waals surface area contributed by atoms with Crippen molar-refractivity contribution in [2.45, 2.75) is 0 Å². The van der Waals surface area contributed by atoms with E-state index in [1.807, 2.05) is 24.3 Å². The molecule has 0 fully saturated rings. The molecule has 3 heterocycles. The zero-order valence-corrected chi connectivity index (χ0v) is 12.1. The maximum absolute atomic E-state index is 6.07. The monoisotopic (exact) mass is 297 g/mol. The van der Waals surface area contributed by atoms with Crippen molar-refractivity contribution >= 4 is 32.8 Å². The number of furan rings is 1. The highest BCUT2D eigenvalue weighted by molar-refractivity contribution is 6.21. The quantitative estimate of drug-likeness (QED) is 0.454. The summed E-state index contributed by atoms with van der Waals surface area (Å²) in [5, 5.41) is 4.39. The molecule has 2 aromatic carbocycles. The molecule has 0 saturated heterocycles. The van der Waals surface area contributed by atoms with Crippen molar-refractivity contribution in [3.8, 4) is 11.3 Å². The molecule has 0 aliphatic carbocycles. The van der Waals surface area contributed by atoms with Crippen LogP contribution in [0.25, 0.3) is 44.1 Å². The van der Waals surface area contributed by atoms with Gasteiger partial charge in [0, 0.05) is 34.9 Å². The van der Waals surface area contributed by atoms with Gasteiger partial charge in [-0.15, -0.1) is 0 Å². The number of pyridine rings is 1. The number of hydrogen-bond donors (Lipinski definition) is 0. The highest BCUT2D eigenvalue weighted by Crippen LogP contribution is 2.39. The molecule has 23 heavy (non-hydrogen) atoms. The molecule has 4 nitrogen and oxygen atoms in total. The molecule has 5 aromatic rings. The molecule has 4 heteroatoms. The second kappa shape index (κ2) is 4.61. The molecular weight excluding hydrogens is 286 g/mol. The third-order valence-corrected chi connectivity index (χ3v) is 4.08. The van der Waals surface area contributed by atoms with Crippen molar-refractivity contribution in [2.75, 3.05) is 0 Å². The van der Waals surface area contributed by atoms with Crippen molar-refractivity contribution < 1.29 is 4.42 Å². The van der Waals surface area contributed by atoms with Gasteiger partial charge in [-0.25, -0.2) is 4.98 Å². The number of hydrogen-bond acceptors (Lipinski definition) is 4. The zero-order valence-electron chi connectivity index (χ0n) is 12.1. The topological polar surface area (TPSA) is 51.8 Å². The number of rotatable bonds is 1. The van der Waals surface area contributed by atoms with Gasteiger partial charge in [0.2, 0.25) is 5.71 Å². The Bertz CT molecular complexity index is 1160. The lowest BCUT2D eigenvalue weighted by atomic mass is 9.99. The van der Waals surface area contributed by atoms with E-state index >= 15 is 0 Å². The van der Waals surface area contributed by atoms with Gasteiger partial charge in [0.1, 0.15) is 5.58 Å². The van der Waals surface area contributed by atoms with Crippen LogP contribution in [0, 0.1) is 0 Å². The second-order valence-corrected chi connectivity index (χ2v) is 5.40. The Hall–Kier alpha value is -3.27. The molecule has 0 radical (unpaired) electrons. The van der Waals surface area contributed by atoms with Crippen LogP contribution in [0.3, 0.4) is 0 Å². The Morgan fingerprint density at radius 2 is 1.74 bits per heavy atom. The average Bonchev–Trinajstić information content (AvgIpc) is 3.01. The summed E-state index contributed by atoms with van der Waals surface area (Å²) in [6.07, 6.45) is 6.86. The molecule has 108 valence electrons. The van der Waals surface area contributed by atoms with Gasteiger partial charge < -0.3 is 4.42 Å². The van der Waals surface area contributed by atoms with Crippen LogP contribution in [0.1, 0.15) is 0 Å². The van der Waals surface area contributed by atoms with Crippen molar-refractivity contribution in [1.29, 1.82) is 0 Å². The molecule has 0 N–H and O–H groups in total. The molecule has 0 aliphatic heterocycles. The summed E-state index contributed by atoms with van der Waals surface area (Å²) in [6.45, 7) is 0. The van der Waals surface area contributed by atoms with Gasteiger partial charge in [0.25, 0.3) is 0 Å². The van der Waals surface area contributed by atoms with Gasteiger partial charge in [-0.1, -0.05) is 24.3 Å². The first-order valence-electron chi connectivity index (χ1n) is 7.37. The molecule has 5 rings (SSSR count). The van der Waals surface area contributed by atoms with Crippen LogP contribution in [0.15, 0.2) is 71.7 Å². The Balaban J connectivity index is 2.05. The van der Waals surface area contributed by atoms with Crippen LogP contribution in [-0.4, -0.2) is 15.0 Å². The van der Waals surface area contributed by atoms with Crippen LogP contribution in [-0.2, 0) is 0 Å². The van der Waals surface area contributed by atoms with E-state index in [9.17, 15) is 0 Å². The predicted octanol–water partition coefficient (Wildman–Crippen LogP) is 4.59. The van der Waals surface area contributed by atoms with E-state index in [0.717, 1.165) is 38.4 Å². The first-order chi connectivity index (χ1) is 11.4. The minimum absolute atomic E-state index is 0.643. The molecular formula is C19H11N3O. The number of fused-ring (bicyclic) bond motifs is 5. The number of benzene rings is 2. The molecule has 0 aliphatic rings. The van der Waals surface area contributed by atoms with Crippen LogP contribution in [0.2, 0.25) is 0 Å². The summed E-state index contributed by atoms with van der Waals surface area (Å²) >= 11 is 0. The van der Waals surface area contributed by atoms with Crippen molar-refractivity contribution in [1.82, 2.24) is 15.0 Å². The Labute approximate surface area is 131 Å². The summed E-state index contributed by atoms with van der Waals surface area (Å²) in [4.78, 5) is 13.0. The third-order valence-electron chi connectivity index (χ3n) is 4.08. The van der Waals surface area contributed by atoms with E-state index in [4.69, 9.17) is 4.42 Å². The zero-order chi connectivity index (χ0) is 15.2. The molecule has 0 amide bonds. The molecule has 3 aromatic heterocycles. The van der Waals surface area contributed by atoms with Crippen molar-refractivity contribution in [3.05, 3.63) is 67.3 Å². The molecule has 0 atom stereocenters. The highest BCUT2D eigenvalue weighted by Gasteiger charge is 2.16. The minimum atomic E-state index is 0.643. The van der Waals surface area contributed by atoms with Gasteiger partial charge >= 0.3 is 0 Å². The summed E-state index contributed by atoms with van der Waals surface area (Å²) in [5.74, 6) is 0. The van der Waals surface area contributed by atoms with E-state index < -0.39 is 0 Å². The standard InChI is InChI=1S/C19H11N3O/c1-2-5-13-12(4-1)10-15(16-11-20-8-9-21-16)18-17(13)14-6-3-7-22-19(14)23-18/h1-11H. The first-order valence-corrected chi connectivity index (χ1v) is 7.37. The number of nitrogens with zero attached hydrogens (tertiary/aromatic N) is 3. The highest BCUT2D eigenvalue weighted by atomic mass is 16.3. The summed E-state index contributed by atoms with van der Waals surface area (Å²) in [5.41, 5.74) is 3.18. The minimum Gasteiger partial charge on any atom is -0.437 e. The van der Waals surface area contributed by atoms with Gasteiger partial charge in [0.15, 0.2) is 0 Å². The van der Waals surface area contributed by atoms with Gasteiger partial charge in [0.05, 0.1) is 11.9 Å². The van der Waals surface area contributed by atoms with Crippen LogP contribution in [0.4, 0.5) is 0 Å². The largest absolute Gasteiger partial charge is 0.437 e. The van der Waals surface area contributed by atoms with E-state index in [-0.39, 0.29) is 0 Å². The van der Waals surface area contributed by atoms with Crippen LogP contribution < -0.4 is 0 Å². The fraction of sp³-hybridized carbons (Fsp3) is 0. The van der Waals surface area contributed by atoms with Crippen LogP contribution in [0.5, 0.6) is 0 Å². The van der Waals surface area contributed by atoms with Crippen LogP contribution >= 0.6 is 0 Å². The normalized spacial score (nSPS) is 11.5. The Kier molecular flexibility index (Phi) is 2.46. The average molecular weight is 297 g/mol. The molecule has 0 unspecified atom stereocenters. The fourth-order valence-corrected chi connectivity index (χ4v) is 3.09. The lowest BCUT2D eigenvalue weighted by Gasteiger charge is -2.05. The second-order valence-electron chi connectivity index (χ2n) is 5.40. The molecule has 0 spiro atoms. The lowest BCUT2D eigenvalue weighted by Crippen LogP contribution is -1.86. The summed E-state index contributed by atoms with van der Waals surface area (Å²) in [6, 6.07) is 14.4. The first kappa shape index (κ1) is 12.3. The summed E-state index contributed by atoms with van der Waals surface area (Å²) < 4.78 is 6.07. The van der Waals surface area contributed by atoms with E-state index in [1.165, 1.54) is 0 Å². The summed E-state index contributed by atoms with van der Waals surface area (Å²) in [7, 11) is 0. The van der Waals surface area contributed by atoms with E-state index in [0.29, 0.717) is 5.71 Å². The Morgan fingerprint density at radius 3 is 2.65 bits per heavy atom. The number of aromatic nitrogens is 3. The maximum Gasteiger partial charge on any atom is 0.227 e. The van der Waals surface area contributed by atoms with Gasteiger partial charge in [-0.3, -0.25) is 9.97 Å². The SMILES string of the molecule is c1ccc2c(c1)cc(-c1cnccn1)c1oc3ncccc3c12. The fourth-order valence-electron chi connectivity index (χ4n) is 3.09. The van der Waals surface area contributed by atoms with Gasteiger partial charge in [-0.05, 0) is 29.0 Å². The van der Waals surface area contributed by atoms with Crippen molar-refractivity contribution in [2.24, 2.45) is 0 Å². The maximum atomic E-state index is 6.07. The lowest BCUT2D eigenvalue weighted by molar-refractivity contribution is 0.655. The van der Waals surface area contributed by atoms with Crippen molar-refractivity contribution in [3.63, 3.8) is 0 Å². The predicted molar refractivity (Wildman–Crippen MR) is 90.0 cm³/mol. The Morgan fingerprint density at radius 1 is 0.826 bits per heavy atom. The molecule has 0 saturated carbocycles. The third kappa shape index (κ3) is 1.75. The smallest absolute Gasteiger partial charge is 0.227 e.